The van der Waals surface area contributed by atoms with E-state index in [9.17, 15) is 0 Å². The van der Waals surface area contributed by atoms with E-state index in [1.54, 1.807) is 0 Å². The van der Waals surface area contributed by atoms with Gasteiger partial charge in [0.25, 0.3) is 0 Å². The zero-order valence-electron chi connectivity index (χ0n) is 11.9. The van der Waals surface area contributed by atoms with Crippen molar-refractivity contribution in [1.29, 1.82) is 0 Å². The molecule has 1 heterocycles. The molecule has 1 aliphatic rings. The molecule has 0 aliphatic heterocycles. The lowest BCUT2D eigenvalue weighted by molar-refractivity contribution is 0.154. The first-order chi connectivity index (χ1) is 8.64. The second-order valence-corrected chi connectivity index (χ2v) is 5.67. The molecule has 1 N–H and O–H groups in total. The van der Waals surface area contributed by atoms with Gasteiger partial charge in [-0.3, -0.25) is 0 Å². The minimum Gasteiger partial charge on any atom is -0.334 e. The molecule has 1 saturated carbocycles. The number of aromatic nitrogens is 2. The average Bonchev–Trinajstić information content (AvgIpc) is 2.95. The van der Waals surface area contributed by atoms with Crippen LogP contribution in [-0.2, 0) is 6.54 Å². The van der Waals surface area contributed by atoms with Crippen LogP contribution >= 0.6 is 0 Å². The highest BCUT2D eigenvalue weighted by Gasteiger charge is 2.35. The highest BCUT2D eigenvalue weighted by Crippen LogP contribution is 2.32. The topological polar surface area (TPSA) is 33.1 Å². The fourth-order valence-corrected chi connectivity index (χ4v) is 2.98. The number of aryl methyl sites for hydroxylation is 1. The molecule has 1 aliphatic carbocycles. The molecule has 2 rings (SSSR count). The highest BCUT2D eigenvalue weighted by molar-refractivity contribution is 4.94. The maximum atomic E-state index is 4.24. The van der Waals surface area contributed by atoms with Crippen molar-refractivity contribution >= 4 is 0 Å². The molecule has 0 amide bonds. The molecule has 0 saturated heterocycles. The monoisotopic (exact) mass is 250 g/mol. The van der Waals surface area contributed by atoms with Crippen LogP contribution in [0.5, 0.6) is 0 Å². The molecule has 102 valence electrons. The summed E-state index contributed by atoms with van der Waals surface area (Å²) in [6.07, 6.45) is 9.33. The summed E-state index contributed by atoms with van der Waals surface area (Å²) in [5.41, 5.74) is 0.393. The van der Waals surface area contributed by atoms with Crippen LogP contribution in [0.1, 0.15) is 31.5 Å². The number of likely N-dealkylation sites (N-methyl/N-ethyl adjacent to an activating group) is 1. The van der Waals surface area contributed by atoms with E-state index in [1.807, 2.05) is 12.4 Å². The Morgan fingerprint density at radius 1 is 1.39 bits per heavy atom. The molecule has 18 heavy (non-hydrogen) atoms. The number of nitrogens with zero attached hydrogens (tertiary/aromatic N) is 3. The Labute approximate surface area is 110 Å². The second kappa shape index (κ2) is 5.85. The lowest BCUT2D eigenvalue weighted by Crippen LogP contribution is -2.50. The van der Waals surface area contributed by atoms with Crippen molar-refractivity contribution in [2.75, 3.05) is 27.2 Å². The fourth-order valence-electron chi connectivity index (χ4n) is 2.98. The van der Waals surface area contributed by atoms with Crippen LogP contribution < -0.4 is 5.32 Å². The van der Waals surface area contributed by atoms with E-state index in [0.29, 0.717) is 5.54 Å². The number of nitrogens with one attached hydrogen (secondary N) is 1. The molecule has 0 atom stereocenters. The van der Waals surface area contributed by atoms with Crippen LogP contribution in [0.4, 0.5) is 0 Å². The number of hydrogen-bond acceptors (Lipinski definition) is 3. The lowest BCUT2D eigenvalue weighted by atomic mass is 9.96. The Bertz CT molecular complexity index is 364. The first-order valence-electron chi connectivity index (χ1n) is 7.00. The van der Waals surface area contributed by atoms with Crippen LogP contribution in [0.3, 0.4) is 0 Å². The predicted octanol–water partition coefficient (Wildman–Crippen LogP) is 1.66. The summed E-state index contributed by atoms with van der Waals surface area (Å²) in [4.78, 5) is 6.65. The van der Waals surface area contributed by atoms with Gasteiger partial charge in [-0.15, -0.1) is 0 Å². The molecule has 1 fully saturated rings. The molecule has 1 aromatic rings. The van der Waals surface area contributed by atoms with Gasteiger partial charge in [0.1, 0.15) is 5.82 Å². The predicted molar refractivity (Wildman–Crippen MR) is 74.7 cm³/mol. The zero-order valence-corrected chi connectivity index (χ0v) is 11.9. The molecular weight excluding hydrogens is 224 g/mol. The molecule has 4 nitrogen and oxygen atoms in total. The van der Waals surface area contributed by atoms with Crippen LogP contribution in [0.2, 0.25) is 0 Å². The number of imidazole rings is 1. The normalized spacial score (nSPS) is 18.7. The largest absolute Gasteiger partial charge is 0.334 e. The average molecular weight is 250 g/mol. The van der Waals surface area contributed by atoms with Crippen LogP contribution in [0.25, 0.3) is 0 Å². The van der Waals surface area contributed by atoms with Crippen molar-refractivity contribution in [3.8, 4) is 0 Å². The van der Waals surface area contributed by atoms with Crippen LogP contribution in [0.15, 0.2) is 12.4 Å². The van der Waals surface area contributed by atoms with Crippen LogP contribution in [-0.4, -0.2) is 47.2 Å². The quantitative estimate of drug-likeness (QED) is 0.779. The van der Waals surface area contributed by atoms with Gasteiger partial charge in [-0.2, -0.15) is 0 Å². The number of rotatable bonds is 6. The Morgan fingerprint density at radius 3 is 2.67 bits per heavy atom. The molecule has 1 aromatic heterocycles. The molecular formula is C14H26N4. The van der Waals surface area contributed by atoms with Gasteiger partial charge in [0.15, 0.2) is 0 Å². The third-order valence-corrected chi connectivity index (χ3v) is 4.39. The van der Waals surface area contributed by atoms with E-state index in [1.165, 1.54) is 25.7 Å². The van der Waals surface area contributed by atoms with E-state index >= 15 is 0 Å². The Balaban J connectivity index is 1.76. The van der Waals surface area contributed by atoms with Gasteiger partial charge in [-0.1, -0.05) is 12.8 Å². The minimum atomic E-state index is 0.393. The molecule has 0 unspecified atom stereocenters. The van der Waals surface area contributed by atoms with Gasteiger partial charge in [0, 0.05) is 37.6 Å². The van der Waals surface area contributed by atoms with Gasteiger partial charge in [-0.05, 0) is 33.9 Å². The third kappa shape index (κ3) is 2.93. The summed E-state index contributed by atoms with van der Waals surface area (Å²) >= 11 is 0. The van der Waals surface area contributed by atoms with Gasteiger partial charge >= 0.3 is 0 Å². The summed E-state index contributed by atoms with van der Waals surface area (Å²) in [6.45, 7) is 5.19. The highest BCUT2D eigenvalue weighted by atomic mass is 15.2. The first-order valence-corrected chi connectivity index (χ1v) is 7.00. The van der Waals surface area contributed by atoms with Gasteiger partial charge in [0.05, 0.1) is 0 Å². The second-order valence-electron chi connectivity index (χ2n) is 5.67. The van der Waals surface area contributed by atoms with E-state index in [2.05, 4.69) is 40.8 Å². The lowest BCUT2D eigenvalue weighted by Gasteiger charge is -2.36. The summed E-state index contributed by atoms with van der Waals surface area (Å²) in [6, 6.07) is 0. The summed E-state index contributed by atoms with van der Waals surface area (Å²) < 4.78 is 2.20. The molecule has 0 aromatic carbocycles. The summed E-state index contributed by atoms with van der Waals surface area (Å²) in [7, 11) is 4.43. The maximum absolute atomic E-state index is 4.24. The van der Waals surface area contributed by atoms with Crippen molar-refractivity contribution < 1.29 is 0 Å². The SMILES string of the molecule is Cc1nccn1CCNCC1(N(C)C)CCCC1. The maximum Gasteiger partial charge on any atom is 0.105 e. The number of hydrogen-bond donors (Lipinski definition) is 1. The van der Waals surface area contributed by atoms with Gasteiger partial charge in [0.2, 0.25) is 0 Å². The van der Waals surface area contributed by atoms with E-state index in [-0.39, 0.29) is 0 Å². The Kier molecular flexibility index (Phi) is 4.40. The standard InChI is InChI=1S/C14H26N4/c1-13-16-9-11-18(13)10-8-15-12-14(17(2)3)6-4-5-7-14/h9,11,15H,4-8,10,12H2,1-3H3. The van der Waals surface area contributed by atoms with Crippen molar-refractivity contribution in [2.24, 2.45) is 0 Å². The van der Waals surface area contributed by atoms with E-state index < -0.39 is 0 Å². The van der Waals surface area contributed by atoms with Crippen molar-refractivity contribution in [1.82, 2.24) is 19.8 Å². The molecule has 0 radical (unpaired) electrons. The molecule has 4 heteroatoms. The van der Waals surface area contributed by atoms with E-state index in [0.717, 1.165) is 25.5 Å². The molecule has 0 bridgehead atoms. The fraction of sp³-hybridized carbons (Fsp3) is 0.786. The first kappa shape index (κ1) is 13.6. The van der Waals surface area contributed by atoms with Gasteiger partial charge in [-0.25, -0.2) is 4.98 Å². The van der Waals surface area contributed by atoms with Crippen molar-refractivity contribution in [2.45, 2.75) is 44.7 Å². The van der Waals surface area contributed by atoms with Crippen molar-refractivity contribution in [3.63, 3.8) is 0 Å². The minimum absolute atomic E-state index is 0.393. The van der Waals surface area contributed by atoms with E-state index in [4.69, 9.17) is 0 Å². The summed E-state index contributed by atoms with van der Waals surface area (Å²) in [5.74, 6) is 1.10. The third-order valence-electron chi connectivity index (χ3n) is 4.39. The zero-order chi connectivity index (χ0) is 13.0. The smallest absolute Gasteiger partial charge is 0.105 e. The Morgan fingerprint density at radius 2 is 2.11 bits per heavy atom. The summed E-state index contributed by atoms with van der Waals surface area (Å²) in [5, 5.41) is 3.62. The van der Waals surface area contributed by atoms with Crippen LogP contribution in [0, 0.1) is 6.92 Å². The van der Waals surface area contributed by atoms with Crippen molar-refractivity contribution in [3.05, 3.63) is 18.2 Å². The van der Waals surface area contributed by atoms with Gasteiger partial charge < -0.3 is 14.8 Å². The Hall–Kier alpha value is -0.870. The molecule has 0 spiro atoms.